The van der Waals surface area contributed by atoms with Crippen molar-refractivity contribution in [2.75, 3.05) is 5.32 Å². The van der Waals surface area contributed by atoms with E-state index >= 15 is 0 Å². The number of nitrogens with zero attached hydrogens (tertiary/aromatic N) is 1. The molecule has 2 atom stereocenters. The predicted octanol–water partition coefficient (Wildman–Crippen LogP) is 3.65. The van der Waals surface area contributed by atoms with Gasteiger partial charge in [0.05, 0.1) is 22.8 Å². The Kier molecular flexibility index (Phi) is 8.15. The molecular weight excluding hydrogens is 464 g/mol. The average Bonchev–Trinajstić information content (AvgIpc) is 2.87. The minimum absolute atomic E-state index is 0.0583. The van der Waals surface area contributed by atoms with Crippen LogP contribution in [0.4, 0.5) is 5.69 Å². The van der Waals surface area contributed by atoms with Gasteiger partial charge in [-0.1, -0.05) is 35.4 Å². The predicted molar refractivity (Wildman–Crippen MR) is 128 cm³/mol. The minimum atomic E-state index is -2.15. The number of nitrogens with one attached hydrogen (secondary N) is 1. The normalized spacial score (nSPS) is 11.9. The third-order valence-electron chi connectivity index (χ3n) is 5.10. The highest BCUT2D eigenvalue weighted by atomic mass is 16.6. The number of esters is 2. The number of carbonyl (C=O) groups excluding carboxylic acids is 3. The van der Waals surface area contributed by atoms with Gasteiger partial charge in [-0.3, -0.25) is 4.79 Å². The van der Waals surface area contributed by atoms with Crippen molar-refractivity contribution in [3.05, 3.63) is 101 Å². The third kappa shape index (κ3) is 6.55. The summed E-state index contributed by atoms with van der Waals surface area (Å²) in [7, 11) is 0. The molecule has 0 aliphatic rings. The van der Waals surface area contributed by atoms with Gasteiger partial charge >= 0.3 is 17.9 Å². The Bertz CT molecular complexity index is 1310. The lowest BCUT2D eigenvalue weighted by molar-refractivity contribution is -0.157. The molecule has 0 spiro atoms. The molecule has 182 valence electrons. The molecule has 36 heavy (non-hydrogen) atoms. The van der Waals surface area contributed by atoms with E-state index in [-0.39, 0.29) is 16.8 Å². The number of anilines is 1. The van der Waals surface area contributed by atoms with E-state index < -0.39 is 36.0 Å². The van der Waals surface area contributed by atoms with E-state index in [4.69, 9.17) is 14.7 Å². The number of carboxylic acids is 1. The van der Waals surface area contributed by atoms with Gasteiger partial charge in [-0.2, -0.15) is 5.26 Å². The fourth-order valence-electron chi connectivity index (χ4n) is 3.08. The Morgan fingerprint density at radius 3 is 1.61 bits per heavy atom. The van der Waals surface area contributed by atoms with Crippen LogP contribution in [0.5, 0.6) is 0 Å². The van der Waals surface area contributed by atoms with Crippen LogP contribution in [-0.2, 0) is 19.1 Å². The summed E-state index contributed by atoms with van der Waals surface area (Å²) in [6.07, 6.45) is -4.17. The van der Waals surface area contributed by atoms with Gasteiger partial charge in [0.2, 0.25) is 12.2 Å². The van der Waals surface area contributed by atoms with E-state index in [9.17, 15) is 24.3 Å². The molecule has 0 aromatic heterocycles. The Morgan fingerprint density at radius 2 is 1.19 bits per heavy atom. The molecule has 0 aliphatic carbocycles. The second kappa shape index (κ2) is 11.4. The monoisotopic (exact) mass is 486 g/mol. The second-order valence-electron chi connectivity index (χ2n) is 7.90. The first kappa shape index (κ1) is 25.6. The Labute approximate surface area is 206 Å². The van der Waals surface area contributed by atoms with Gasteiger partial charge in [0.25, 0.3) is 5.91 Å². The Hall–Kier alpha value is -4.97. The zero-order chi connectivity index (χ0) is 26.2. The van der Waals surface area contributed by atoms with Crippen molar-refractivity contribution in [3.63, 3.8) is 0 Å². The number of carbonyl (C=O) groups is 4. The lowest BCUT2D eigenvalue weighted by Crippen LogP contribution is -2.48. The number of hydrogen-bond donors (Lipinski definition) is 2. The SMILES string of the molecule is Cc1ccc(C(=O)O[C@H](C(=O)Nc2ccc(C#N)cc2)[C@@H](OC(=O)c2ccc(C)cc2)C(=O)O)cc1. The maximum atomic E-state index is 13.1. The first-order chi connectivity index (χ1) is 17.2. The largest absolute Gasteiger partial charge is 0.478 e. The zero-order valence-electron chi connectivity index (χ0n) is 19.4. The number of nitriles is 1. The summed E-state index contributed by atoms with van der Waals surface area (Å²) in [4.78, 5) is 50.6. The molecule has 0 radical (unpaired) electrons. The van der Waals surface area contributed by atoms with Gasteiger partial charge in [0.1, 0.15) is 0 Å². The minimum Gasteiger partial charge on any atom is -0.478 e. The van der Waals surface area contributed by atoms with Crippen molar-refractivity contribution in [2.24, 2.45) is 0 Å². The van der Waals surface area contributed by atoms with Crippen LogP contribution >= 0.6 is 0 Å². The smallest absolute Gasteiger partial charge is 0.349 e. The first-order valence-corrected chi connectivity index (χ1v) is 10.8. The lowest BCUT2D eigenvalue weighted by atomic mass is 10.1. The van der Waals surface area contributed by atoms with E-state index in [1.54, 1.807) is 24.3 Å². The van der Waals surface area contributed by atoms with Crippen molar-refractivity contribution >= 4 is 29.5 Å². The maximum Gasteiger partial charge on any atom is 0.349 e. The molecule has 3 rings (SSSR count). The van der Waals surface area contributed by atoms with E-state index in [0.29, 0.717) is 5.56 Å². The van der Waals surface area contributed by atoms with Gasteiger partial charge < -0.3 is 19.9 Å². The number of rotatable bonds is 8. The molecule has 9 nitrogen and oxygen atoms in total. The van der Waals surface area contributed by atoms with Gasteiger partial charge in [-0.15, -0.1) is 0 Å². The van der Waals surface area contributed by atoms with Crippen molar-refractivity contribution in [2.45, 2.75) is 26.1 Å². The summed E-state index contributed by atoms with van der Waals surface area (Å²) in [5.74, 6) is -4.71. The summed E-state index contributed by atoms with van der Waals surface area (Å²) < 4.78 is 10.4. The van der Waals surface area contributed by atoms with E-state index in [0.717, 1.165) is 11.1 Å². The third-order valence-corrected chi connectivity index (χ3v) is 5.10. The quantitative estimate of drug-likeness (QED) is 0.459. The van der Waals surface area contributed by atoms with Crippen LogP contribution in [0.1, 0.15) is 37.4 Å². The zero-order valence-corrected chi connectivity index (χ0v) is 19.4. The van der Waals surface area contributed by atoms with Crippen LogP contribution in [0, 0.1) is 25.2 Å². The number of aryl methyl sites for hydroxylation is 2. The summed E-state index contributed by atoms with van der Waals surface area (Å²) in [5, 5.41) is 21.2. The molecule has 0 saturated heterocycles. The highest BCUT2D eigenvalue weighted by Gasteiger charge is 2.41. The molecule has 3 aromatic rings. The molecule has 0 unspecified atom stereocenters. The molecule has 0 saturated carbocycles. The van der Waals surface area contributed by atoms with E-state index in [1.807, 2.05) is 19.9 Å². The van der Waals surface area contributed by atoms with Crippen LogP contribution in [0.15, 0.2) is 72.8 Å². The maximum absolute atomic E-state index is 13.1. The highest BCUT2D eigenvalue weighted by Crippen LogP contribution is 2.17. The first-order valence-electron chi connectivity index (χ1n) is 10.8. The van der Waals surface area contributed by atoms with Crippen LogP contribution in [-0.4, -0.2) is 41.1 Å². The molecule has 9 heteroatoms. The van der Waals surface area contributed by atoms with Gasteiger partial charge in [-0.05, 0) is 62.4 Å². The van der Waals surface area contributed by atoms with Crippen molar-refractivity contribution < 1.29 is 33.8 Å². The van der Waals surface area contributed by atoms with Crippen LogP contribution in [0.3, 0.4) is 0 Å². The molecule has 0 fully saturated rings. The number of hydrogen-bond acceptors (Lipinski definition) is 7. The molecule has 2 N–H and O–H groups in total. The van der Waals surface area contributed by atoms with Gasteiger partial charge in [0.15, 0.2) is 0 Å². The number of benzene rings is 3. The molecule has 1 amide bonds. The number of aliphatic carboxylic acids is 1. The molecule has 0 heterocycles. The highest BCUT2D eigenvalue weighted by molar-refractivity contribution is 6.01. The van der Waals surface area contributed by atoms with Gasteiger partial charge in [0, 0.05) is 5.69 Å². The van der Waals surface area contributed by atoms with Crippen molar-refractivity contribution in [1.82, 2.24) is 0 Å². The number of ether oxygens (including phenoxy) is 2. The van der Waals surface area contributed by atoms with E-state index in [1.165, 1.54) is 48.5 Å². The lowest BCUT2D eigenvalue weighted by Gasteiger charge is -2.23. The molecule has 0 bridgehead atoms. The van der Waals surface area contributed by atoms with Crippen LogP contribution in [0.2, 0.25) is 0 Å². The van der Waals surface area contributed by atoms with Crippen LogP contribution < -0.4 is 5.32 Å². The van der Waals surface area contributed by atoms with Gasteiger partial charge in [-0.25, -0.2) is 14.4 Å². The Morgan fingerprint density at radius 1 is 0.750 bits per heavy atom. The van der Waals surface area contributed by atoms with Crippen molar-refractivity contribution in [3.8, 4) is 6.07 Å². The van der Waals surface area contributed by atoms with E-state index in [2.05, 4.69) is 5.32 Å². The summed E-state index contributed by atoms with van der Waals surface area (Å²) in [5.41, 5.74) is 2.43. The molecular formula is C27H22N2O7. The molecule has 3 aromatic carbocycles. The summed E-state index contributed by atoms with van der Waals surface area (Å²) in [6.45, 7) is 3.62. The number of amides is 1. The Balaban J connectivity index is 1.90. The topological polar surface area (TPSA) is 143 Å². The second-order valence-corrected chi connectivity index (χ2v) is 7.90. The summed E-state index contributed by atoms with van der Waals surface area (Å²) >= 11 is 0. The summed E-state index contributed by atoms with van der Waals surface area (Å²) in [6, 6.07) is 20.0. The fraction of sp³-hybridized carbons (Fsp3) is 0.148. The number of carboxylic acid groups (broad SMARTS) is 1. The molecule has 0 aliphatic heterocycles. The van der Waals surface area contributed by atoms with Crippen molar-refractivity contribution in [1.29, 1.82) is 5.26 Å². The van der Waals surface area contributed by atoms with Crippen LogP contribution in [0.25, 0.3) is 0 Å². The average molecular weight is 486 g/mol. The standard InChI is InChI=1S/C27H22N2O7/c1-16-3-9-19(10-4-16)26(33)35-22(24(30)29-21-13-7-18(15-28)8-14-21)23(25(31)32)36-27(34)20-11-5-17(2)6-12-20/h3-14,22-23H,1-2H3,(H,29,30)(H,31,32)/t22-,23+/m0/s1. The fourth-order valence-corrected chi connectivity index (χ4v) is 3.08.